The molecule has 5 N–H and O–H groups in total. The molecule has 9 nitrogen and oxygen atoms in total. The average molecular weight is 745 g/mol. The number of para-hydroxylation sites is 2. The predicted molar refractivity (Wildman–Crippen MR) is 217 cm³/mol. The number of fused-ring (bicyclic) bond motifs is 2. The zero-order valence-electron chi connectivity index (χ0n) is 32.4. The van der Waals surface area contributed by atoms with Crippen molar-refractivity contribution in [3.8, 4) is 11.1 Å². The molecule has 7 rings (SSSR count). The second-order valence-corrected chi connectivity index (χ2v) is 17.1. The number of nitrogen functional groups attached to an aromatic ring is 1. The minimum atomic E-state index is -0.537. The third-order valence-electron chi connectivity index (χ3n) is 11.5. The maximum Gasteiger partial charge on any atom is 0.224 e. The number of hydrogen-bond acceptors (Lipinski definition) is 7. The van der Waals surface area contributed by atoms with Gasteiger partial charge < -0.3 is 30.9 Å². The number of nitrogens with zero attached hydrogens (tertiary/aromatic N) is 1. The van der Waals surface area contributed by atoms with E-state index in [-0.39, 0.29) is 43.5 Å². The van der Waals surface area contributed by atoms with Gasteiger partial charge >= 0.3 is 0 Å². The lowest BCUT2D eigenvalue weighted by atomic mass is 9.65. The number of hydrogen-bond donors (Lipinski definition) is 4. The molecule has 0 radical (unpaired) electrons. The fourth-order valence-corrected chi connectivity index (χ4v) is 9.33. The van der Waals surface area contributed by atoms with Crippen molar-refractivity contribution in [1.29, 1.82) is 0 Å². The summed E-state index contributed by atoms with van der Waals surface area (Å²) in [7, 11) is 0. The standard InChI is InChI=1S/C46H56N4O5/c1-45(2)24-37-25-46(3,29-45)30-50(37)27-38-23-41(33-19-17-31(28-51)18-20-33)55-44(54-38)36-12-7-11-35(22-36)34-10-6-9-32(21-34)26-48-42(52)15-8-16-43(53)49-40-14-5-4-13-39(40)47/h4-7,9-14,17-22,37-38,41,44,51H,8,15-16,23-30,47H2,1-3H3,(H,48,52)(H,49,53). The van der Waals surface area contributed by atoms with Gasteiger partial charge in [0.15, 0.2) is 6.29 Å². The summed E-state index contributed by atoms with van der Waals surface area (Å²) in [5.74, 6) is -0.268. The first-order valence-electron chi connectivity index (χ1n) is 19.8. The van der Waals surface area contributed by atoms with E-state index in [4.69, 9.17) is 15.2 Å². The number of benzene rings is 4. The van der Waals surface area contributed by atoms with Gasteiger partial charge in [-0.1, -0.05) is 93.6 Å². The highest BCUT2D eigenvalue weighted by molar-refractivity contribution is 5.94. The zero-order valence-corrected chi connectivity index (χ0v) is 32.4. The number of amides is 2. The number of aliphatic hydroxyl groups is 1. The van der Waals surface area contributed by atoms with E-state index < -0.39 is 6.29 Å². The number of ether oxygens (including phenoxy) is 2. The van der Waals surface area contributed by atoms with Crippen LogP contribution in [0.5, 0.6) is 0 Å². The van der Waals surface area contributed by atoms with Crippen LogP contribution in [-0.2, 0) is 32.2 Å². The third-order valence-corrected chi connectivity index (χ3v) is 11.5. The normalized spacial score (nSPS) is 24.7. The Morgan fingerprint density at radius 1 is 0.836 bits per heavy atom. The van der Waals surface area contributed by atoms with E-state index in [1.165, 1.54) is 19.3 Å². The monoisotopic (exact) mass is 744 g/mol. The molecule has 5 unspecified atom stereocenters. The first-order chi connectivity index (χ1) is 26.4. The van der Waals surface area contributed by atoms with Crippen LogP contribution in [0.3, 0.4) is 0 Å². The van der Waals surface area contributed by atoms with Gasteiger partial charge in [0.2, 0.25) is 11.8 Å². The Kier molecular flexibility index (Phi) is 11.7. The molecule has 3 fully saturated rings. The molecular formula is C46H56N4O5. The average Bonchev–Trinajstić information content (AvgIpc) is 3.41. The molecule has 4 aromatic carbocycles. The minimum Gasteiger partial charge on any atom is -0.397 e. The molecule has 3 aliphatic rings. The van der Waals surface area contributed by atoms with Crippen molar-refractivity contribution in [3.63, 3.8) is 0 Å². The number of anilines is 2. The van der Waals surface area contributed by atoms with Crippen LogP contribution in [0.4, 0.5) is 11.4 Å². The Morgan fingerprint density at radius 2 is 1.58 bits per heavy atom. The Labute approximate surface area is 325 Å². The maximum absolute atomic E-state index is 12.7. The van der Waals surface area contributed by atoms with E-state index in [0.29, 0.717) is 41.2 Å². The molecule has 2 amide bonds. The number of carbonyl (C=O) groups is 2. The smallest absolute Gasteiger partial charge is 0.224 e. The van der Waals surface area contributed by atoms with Crippen LogP contribution in [0.1, 0.15) is 100 Å². The van der Waals surface area contributed by atoms with Gasteiger partial charge in [-0.05, 0) is 88.6 Å². The van der Waals surface area contributed by atoms with Gasteiger partial charge in [-0.15, -0.1) is 0 Å². The van der Waals surface area contributed by atoms with E-state index in [1.54, 1.807) is 12.1 Å². The van der Waals surface area contributed by atoms with Crippen molar-refractivity contribution < 1.29 is 24.2 Å². The summed E-state index contributed by atoms with van der Waals surface area (Å²) in [6.45, 7) is 9.69. The Bertz CT molecular complexity index is 1960. The summed E-state index contributed by atoms with van der Waals surface area (Å²) >= 11 is 0. The highest BCUT2D eigenvalue weighted by Crippen LogP contribution is 2.53. The molecule has 2 aliphatic heterocycles. The lowest BCUT2D eigenvalue weighted by Gasteiger charge is -2.41. The van der Waals surface area contributed by atoms with Crippen LogP contribution in [0, 0.1) is 10.8 Å². The lowest BCUT2D eigenvalue weighted by molar-refractivity contribution is -0.253. The quantitative estimate of drug-likeness (QED) is 0.102. The molecule has 55 heavy (non-hydrogen) atoms. The van der Waals surface area contributed by atoms with E-state index >= 15 is 0 Å². The van der Waals surface area contributed by atoms with Gasteiger partial charge in [-0.2, -0.15) is 0 Å². The topological polar surface area (TPSA) is 126 Å². The number of carbonyl (C=O) groups excluding carboxylic acids is 2. The maximum atomic E-state index is 12.7. The van der Waals surface area contributed by atoms with Gasteiger partial charge in [0.05, 0.1) is 30.2 Å². The summed E-state index contributed by atoms with van der Waals surface area (Å²) in [4.78, 5) is 27.7. The van der Waals surface area contributed by atoms with Gasteiger partial charge in [0.25, 0.3) is 0 Å². The number of rotatable bonds is 13. The third kappa shape index (κ3) is 9.83. The van der Waals surface area contributed by atoms with Crippen molar-refractivity contribution in [1.82, 2.24) is 10.2 Å². The van der Waals surface area contributed by atoms with Gasteiger partial charge in [0.1, 0.15) is 0 Å². The second-order valence-electron chi connectivity index (χ2n) is 17.1. The summed E-state index contributed by atoms with van der Waals surface area (Å²) < 4.78 is 13.6. The van der Waals surface area contributed by atoms with Crippen LogP contribution in [-0.4, -0.2) is 47.1 Å². The largest absolute Gasteiger partial charge is 0.397 e. The van der Waals surface area contributed by atoms with E-state index in [2.05, 4.69) is 84.8 Å². The molecule has 2 bridgehead atoms. The molecule has 1 saturated carbocycles. The minimum absolute atomic E-state index is 0.0000290. The molecule has 0 aromatic heterocycles. The number of likely N-dealkylation sites (tertiary alicyclic amines) is 1. The van der Waals surface area contributed by atoms with Crippen molar-refractivity contribution >= 4 is 23.2 Å². The van der Waals surface area contributed by atoms with Gasteiger partial charge in [-0.25, -0.2) is 0 Å². The molecule has 9 heteroatoms. The van der Waals surface area contributed by atoms with Gasteiger partial charge in [0, 0.05) is 50.5 Å². The van der Waals surface area contributed by atoms with Crippen LogP contribution >= 0.6 is 0 Å². The molecule has 5 atom stereocenters. The Morgan fingerprint density at radius 3 is 2.36 bits per heavy atom. The first kappa shape index (κ1) is 38.7. The van der Waals surface area contributed by atoms with Crippen molar-refractivity contribution in [2.24, 2.45) is 10.8 Å². The van der Waals surface area contributed by atoms with Crippen LogP contribution in [0.25, 0.3) is 11.1 Å². The molecule has 0 spiro atoms. The SMILES string of the molecule is CC1(C)CC2CC(C)(CN2CC2CC(c3ccc(CO)cc3)OC(c3cccc(-c4cccc(CNC(=O)CCCC(=O)Nc5ccccc5N)c4)c3)O2)C1. The van der Waals surface area contributed by atoms with E-state index in [9.17, 15) is 14.7 Å². The van der Waals surface area contributed by atoms with Crippen LogP contribution in [0.2, 0.25) is 0 Å². The van der Waals surface area contributed by atoms with E-state index in [1.807, 2.05) is 36.4 Å². The Balaban J connectivity index is 0.996. The highest BCUT2D eigenvalue weighted by Gasteiger charge is 2.50. The summed E-state index contributed by atoms with van der Waals surface area (Å²) in [6.07, 6.45) is 4.75. The zero-order chi connectivity index (χ0) is 38.6. The van der Waals surface area contributed by atoms with Crippen molar-refractivity contribution in [2.45, 2.75) is 103 Å². The van der Waals surface area contributed by atoms with Crippen molar-refractivity contribution in [3.05, 3.63) is 119 Å². The molecule has 1 aliphatic carbocycles. The number of nitrogens with two attached hydrogens (primary N) is 1. The summed E-state index contributed by atoms with van der Waals surface area (Å²) in [6, 6.07) is 32.4. The number of nitrogens with one attached hydrogen (secondary N) is 2. The summed E-state index contributed by atoms with van der Waals surface area (Å²) in [5, 5.41) is 15.5. The molecule has 2 saturated heterocycles. The van der Waals surface area contributed by atoms with Crippen molar-refractivity contribution in [2.75, 3.05) is 24.1 Å². The van der Waals surface area contributed by atoms with Gasteiger partial charge in [-0.3, -0.25) is 14.5 Å². The first-order valence-corrected chi connectivity index (χ1v) is 19.8. The molecular weight excluding hydrogens is 689 g/mol. The van der Waals surface area contributed by atoms with E-state index in [0.717, 1.165) is 52.9 Å². The molecule has 4 aromatic rings. The molecule has 2 heterocycles. The molecule has 290 valence electrons. The van der Waals surface area contributed by atoms with Crippen LogP contribution in [0.15, 0.2) is 97.1 Å². The highest BCUT2D eigenvalue weighted by atomic mass is 16.7. The van der Waals surface area contributed by atoms with Crippen LogP contribution < -0.4 is 16.4 Å². The fourth-order valence-electron chi connectivity index (χ4n) is 9.33. The second kappa shape index (κ2) is 16.7. The summed E-state index contributed by atoms with van der Waals surface area (Å²) in [5.41, 5.74) is 13.7. The Hall–Kier alpha value is -4.54. The number of aliphatic hydroxyl groups excluding tert-OH is 1. The fraction of sp³-hybridized carbons (Fsp3) is 0.435. The predicted octanol–water partition coefficient (Wildman–Crippen LogP) is 8.30. The lowest BCUT2D eigenvalue weighted by Crippen LogP contribution is -2.42.